The number of carboxylic acids is 1. The van der Waals surface area contributed by atoms with Crippen LogP contribution in [-0.4, -0.2) is 21.0 Å². The van der Waals surface area contributed by atoms with Crippen LogP contribution in [0.5, 0.6) is 11.6 Å². The van der Waals surface area contributed by atoms with Gasteiger partial charge in [-0.15, -0.1) is 0 Å². The Balaban J connectivity index is 2.41. The van der Waals surface area contributed by atoms with Crippen molar-refractivity contribution in [2.75, 3.05) is 0 Å². The smallest absolute Gasteiger partial charge is 0.336 e. The van der Waals surface area contributed by atoms with E-state index in [1.165, 1.54) is 12.1 Å². The minimum Gasteiger partial charge on any atom is -0.478 e. The van der Waals surface area contributed by atoms with Crippen molar-refractivity contribution in [2.45, 2.75) is 13.8 Å². The van der Waals surface area contributed by atoms with Gasteiger partial charge in [-0.2, -0.15) is 0 Å². The quantitative estimate of drug-likeness (QED) is 0.878. The number of nitrogens with one attached hydrogen (secondary N) is 1. The second-order valence-corrected chi connectivity index (χ2v) is 4.00. The third kappa shape index (κ3) is 2.79. The summed E-state index contributed by atoms with van der Waals surface area (Å²) in [5.74, 6) is -0.114. The fourth-order valence-corrected chi connectivity index (χ4v) is 1.67. The van der Waals surface area contributed by atoms with E-state index >= 15 is 0 Å². The van der Waals surface area contributed by atoms with Gasteiger partial charge in [-0.25, -0.2) is 9.78 Å². The molecule has 0 atom stereocenters. The van der Waals surface area contributed by atoms with E-state index < -0.39 is 5.97 Å². The van der Waals surface area contributed by atoms with Crippen LogP contribution in [0.4, 0.5) is 0 Å². The average molecular weight is 260 g/mol. The normalized spacial score (nSPS) is 10.2. The molecule has 0 aliphatic rings. The second kappa shape index (κ2) is 4.93. The molecule has 0 spiro atoms. The van der Waals surface area contributed by atoms with Crippen LogP contribution in [-0.2, 0) is 0 Å². The minimum absolute atomic E-state index is 0.131. The van der Waals surface area contributed by atoms with Gasteiger partial charge in [0.05, 0.1) is 11.6 Å². The first-order chi connectivity index (χ1) is 8.97. The molecule has 2 aromatic rings. The maximum atomic E-state index is 11.3. The van der Waals surface area contributed by atoms with Crippen molar-refractivity contribution >= 4 is 5.97 Å². The molecule has 1 aromatic carbocycles. The Labute approximate surface area is 108 Å². The van der Waals surface area contributed by atoms with Crippen LogP contribution in [0.3, 0.4) is 0 Å². The fourth-order valence-electron chi connectivity index (χ4n) is 1.67. The van der Waals surface area contributed by atoms with Gasteiger partial charge in [-0.1, -0.05) is 6.07 Å². The first-order valence-electron chi connectivity index (χ1n) is 5.56. The average Bonchev–Trinajstić information content (AvgIpc) is 2.30. The standard InChI is InChI=1S/C13H12N2O4/c1-7-9(13(17)18)4-3-5-10(7)19-12-6-11(16)14-8(2)15-12/h3-6H,1-2H3,(H,17,18)(H,14,15,16). The number of hydrogen-bond acceptors (Lipinski definition) is 4. The van der Waals surface area contributed by atoms with Gasteiger partial charge in [0, 0.05) is 5.56 Å². The molecule has 0 aliphatic carbocycles. The van der Waals surface area contributed by atoms with Crippen molar-refractivity contribution in [3.63, 3.8) is 0 Å². The number of hydrogen-bond donors (Lipinski definition) is 2. The topological polar surface area (TPSA) is 92.3 Å². The summed E-state index contributed by atoms with van der Waals surface area (Å²) in [6, 6.07) is 5.90. The lowest BCUT2D eigenvalue weighted by Crippen LogP contribution is -2.09. The lowest BCUT2D eigenvalue weighted by molar-refractivity contribution is 0.0695. The summed E-state index contributed by atoms with van der Waals surface area (Å²) >= 11 is 0. The lowest BCUT2D eigenvalue weighted by atomic mass is 10.1. The van der Waals surface area contributed by atoms with Crippen molar-refractivity contribution in [3.8, 4) is 11.6 Å². The first kappa shape index (κ1) is 12.8. The summed E-state index contributed by atoms with van der Waals surface area (Å²) in [6.45, 7) is 3.27. The molecule has 19 heavy (non-hydrogen) atoms. The molecule has 0 aliphatic heterocycles. The minimum atomic E-state index is -1.03. The van der Waals surface area contributed by atoms with E-state index in [4.69, 9.17) is 9.84 Å². The van der Waals surface area contributed by atoms with E-state index in [1.54, 1.807) is 26.0 Å². The summed E-state index contributed by atoms with van der Waals surface area (Å²) in [7, 11) is 0. The summed E-state index contributed by atoms with van der Waals surface area (Å²) < 4.78 is 5.47. The summed E-state index contributed by atoms with van der Waals surface area (Å²) in [6.07, 6.45) is 0. The molecule has 1 aromatic heterocycles. The van der Waals surface area contributed by atoms with Gasteiger partial charge in [0.2, 0.25) is 5.88 Å². The number of nitrogens with zero attached hydrogens (tertiary/aromatic N) is 1. The molecule has 6 nitrogen and oxygen atoms in total. The molecule has 0 fully saturated rings. The van der Waals surface area contributed by atoms with Crippen LogP contribution in [0.1, 0.15) is 21.7 Å². The van der Waals surface area contributed by atoms with Gasteiger partial charge < -0.3 is 14.8 Å². The number of aromatic nitrogens is 2. The van der Waals surface area contributed by atoms with Gasteiger partial charge in [0.15, 0.2) is 0 Å². The number of carbonyl (C=O) groups is 1. The van der Waals surface area contributed by atoms with Crippen molar-refractivity contribution in [3.05, 3.63) is 51.6 Å². The monoisotopic (exact) mass is 260 g/mol. The molecule has 0 radical (unpaired) electrons. The Hall–Kier alpha value is -2.63. The number of aromatic amines is 1. The van der Waals surface area contributed by atoms with Crippen molar-refractivity contribution in [1.29, 1.82) is 0 Å². The molecule has 0 amide bonds. The molecule has 98 valence electrons. The number of carboxylic acid groups (broad SMARTS) is 1. The highest BCUT2D eigenvalue weighted by atomic mass is 16.5. The van der Waals surface area contributed by atoms with Gasteiger partial charge in [-0.05, 0) is 26.0 Å². The van der Waals surface area contributed by atoms with Crippen molar-refractivity contribution < 1.29 is 14.6 Å². The molecular formula is C13H12N2O4. The molecular weight excluding hydrogens is 248 g/mol. The Kier molecular flexibility index (Phi) is 3.33. The number of H-pyrrole nitrogens is 1. The highest BCUT2D eigenvalue weighted by molar-refractivity contribution is 5.90. The Morgan fingerprint density at radius 1 is 1.37 bits per heavy atom. The summed E-state index contributed by atoms with van der Waals surface area (Å²) in [5, 5.41) is 9.02. The number of aryl methyl sites for hydroxylation is 1. The van der Waals surface area contributed by atoms with Crippen LogP contribution in [0.15, 0.2) is 29.1 Å². The van der Waals surface area contributed by atoms with Crippen molar-refractivity contribution in [1.82, 2.24) is 9.97 Å². The van der Waals surface area contributed by atoms with Gasteiger partial charge >= 0.3 is 5.97 Å². The van der Waals surface area contributed by atoms with E-state index in [0.717, 1.165) is 0 Å². The highest BCUT2D eigenvalue weighted by Crippen LogP contribution is 2.25. The van der Waals surface area contributed by atoms with Gasteiger partial charge in [0.25, 0.3) is 5.56 Å². The van der Waals surface area contributed by atoms with Crippen LogP contribution in [0, 0.1) is 13.8 Å². The predicted molar refractivity (Wildman–Crippen MR) is 67.8 cm³/mol. The Bertz CT molecular complexity index is 691. The van der Waals surface area contributed by atoms with E-state index in [0.29, 0.717) is 17.1 Å². The molecule has 0 unspecified atom stereocenters. The summed E-state index contributed by atoms with van der Waals surface area (Å²) in [4.78, 5) is 28.8. The van der Waals surface area contributed by atoms with E-state index in [2.05, 4.69) is 9.97 Å². The molecule has 0 saturated carbocycles. The molecule has 2 N–H and O–H groups in total. The maximum absolute atomic E-state index is 11.3. The number of benzene rings is 1. The SMILES string of the molecule is Cc1nc(Oc2cccc(C(=O)O)c2C)cc(=O)[nH]1. The first-order valence-corrected chi connectivity index (χ1v) is 5.56. The van der Waals surface area contributed by atoms with Crippen LogP contribution < -0.4 is 10.3 Å². The van der Waals surface area contributed by atoms with Gasteiger partial charge in [-0.3, -0.25) is 4.79 Å². The van der Waals surface area contributed by atoms with Crippen molar-refractivity contribution in [2.24, 2.45) is 0 Å². The van der Waals surface area contributed by atoms with Crippen LogP contribution in [0.2, 0.25) is 0 Å². The van der Waals surface area contributed by atoms with E-state index in [1.807, 2.05) is 0 Å². The zero-order valence-electron chi connectivity index (χ0n) is 10.4. The largest absolute Gasteiger partial charge is 0.478 e. The van der Waals surface area contributed by atoms with E-state index in [-0.39, 0.29) is 17.0 Å². The zero-order valence-corrected chi connectivity index (χ0v) is 10.4. The second-order valence-electron chi connectivity index (χ2n) is 4.00. The molecule has 1 heterocycles. The molecule has 6 heteroatoms. The summed E-state index contributed by atoms with van der Waals surface area (Å²) in [5.41, 5.74) is 0.309. The third-order valence-corrected chi connectivity index (χ3v) is 2.57. The molecule has 0 saturated heterocycles. The lowest BCUT2D eigenvalue weighted by Gasteiger charge is -2.09. The Morgan fingerprint density at radius 3 is 2.74 bits per heavy atom. The molecule has 0 bridgehead atoms. The third-order valence-electron chi connectivity index (χ3n) is 2.57. The Morgan fingerprint density at radius 2 is 2.11 bits per heavy atom. The highest BCUT2D eigenvalue weighted by Gasteiger charge is 2.12. The number of aromatic carboxylic acids is 1. The van der Waals surface area contributed by atoms with Crippen LogP contribution in [0.25, 0.3) is 0 Å². The molecule has 2 rings (SSSR count). The van der Waals surface area contributed by atoms with E-state index in [9.17, 15) is 9.59 Å². The number of rotatable bonds is 3. The maximum Gasteiger partial charge on any atom is 0.336 e. The zero-order chi connectivity index (χ0) is 14.0. The predicted octanol–water partition coefficient (Wildman–Crippen LogP) is 1.88. The fraction of sp³-hybridized carbons (Fsp3) is 0.154. The van der Waals surface area contributed by atoms with Gasteiger partial charge in [0.1, 0.15) is 11.6 Å². The van der Waals surface area contributed by atoms with Crippen LogP contribution >= 0.6 is 0 Å². The number of ether oxygens (including phenoxy) is 1.